The summed E-state index contributed by atoms with van der Waals surface area (Å²) in [5.74, 6) is 0.959. The summed E-state index contributed by atoms with van der Waals surface area (Å²) in [6.07, 6.45) is 0. The van der Waals surface area contributed by atoms with Gasteiger partial charge in [0.2, 0.25) is 10.0 Å². The highest BCUT2D eigenvalue weighted by Crippen LogP contribution is 2.20. The second-order valence-corrected chi connectivity index (χ2v) is 6.12. The third kappa shape index (κ3) is 3.99. The molecule has 0 spiro atoms. The maximum Gasteiger partial charge on any atom is 0.244 e. The quantitative estimate of drug-likeness (QED) is 0.872. The van der Waals surface area contributed by atoms with Gasteiger partial charge in [-0.3, -0.25) is 0 Å². The lowest BCUT2D eigenvalue weighted by Crippen LogP contribution is -2.48. The van der Waals surface area contributed by atoms with E-state index in [1.54, 1.807) is 27.7 Å². The summed E-state index contributed by atoms with van der Waals surface area (Å²) in [5, 5.41) is 0. The summed E-state index contributed by atoms with van der Waals surface area (Å²) >= 11 is 0. The van der Waals surface area contributed by atoms with E-state index in [1.165, 1.54) is 6.07 Å². The average Bonchev–Trinajstić information content (AvgIpc) is 2.44. The van der Waals surface area contributed by atoms with Gasteiger partial charge in [0.05, 0.1) is 0 Å². The summed E-state index contributed by atoms with van der Waals surface area (Å²) in [7, 11) is -3.56. The molecular weight excluding hydrogens is 264 g/mol. The molecule has 0 amide bonds. The third-order valence-electron chi connectivity index (χ3n) is 2.21. The van der Waals surface area contributed by atoms with Crippen LogP contribution in [0.5, 0.6) is 0 Å². The standard InChI is InChI=1S/C10H18N2O3S.ClH/c1-7-5-9(8(2)15-7)16(13,14)12-10(3,4)6-11;/h5,12H,6,11H2,1-4H3;1H. The predicted molar refractivity (Wildman–Crippen MR) is 68.9 cm³/mol. The van der Waals surface area contributed by atoms with Gasteiger partial charge in [-0.25, -0.2) is 13.1 Å². The number of aryl methyl sites for hydroxylation is 2. The van der Waals surface area contributed by atoms with Crippen LogP contribution < -0.4 is 10.5 Å². The lowest BCUT2D eigenvalue weighted by Gasteiger charge is -2.23. The number of hydrogen-bond donors (Lipinski definition) is 2. The minimum Gasteiger partial charge on any atom is -0.465 e. The van der Waals surface area contributed by atoms with Crippen LogP contribution in [0.1, 0.15) is 25.4 Å². The lowest BCUT2D eigenvalue weighted by atomic mass is 10.1. The number of sulfonamides is 1. The van der Waals surface area contributed by atoms with Crippen molar-refractivity contribution in [1.82, 2.24) is 4.72 Å². The topological polar surface area (TPSA) is 85.3 Å². The molecule has 7 heteroatoms. The first-order valence-electron chi connectivity index (χ1n) is 4.99. The van der Waals surface area contributed by atoms with Gasteiger partial charge in [0.1, 0.15) is 16.4 Å². The minimum atomic E-state index is -3.56. The predicted octanol–water partition coefficient (Wildman–Crippen LogP) is 1.33. The summed E-state index contributed by atoms with van der Waals surface area (Å²) in [4.78, 5) is 0.173. The second-order valence-electron chi connectivity index (χ2n) is 4.47. The highest BCUT2D eigenvalue weighted by Gasteiger charge is 2.27. The summed E-state index contributed by atoms with van der Waals surface area (Å²) in [6, 6.07) is 1.50. The van der Waals surface area contributed by atoms with Crippen molar-refractivity contribution in [3.63, 3.8) is 0 Å². The maximum absolute atomic E-state index is 12.0. The van der Waals surface area contributed by atoms with Gasteiger partial charge in [-0.1, -0.05) is 0 Å². The zero-order valence-corrected chi connectivity index (χ0v) is 12.0. The van der Waals surface area contributed by atoms with E-state index in [4.69, 9.17) is 10.2 Å². The fourth-order valence-corrected chi connectivity index (χ4v) is 3.00. The number of halogens is 1. The molecule has 0 unspecified atom stereocenters. The Balaban J connectivity index is 0.00000256. The number of rotatable bonds is 4. The Kier molecular flexibility index (Phi) is 5.21. The van der Waals surface area contributed by atoms with Gasteiger partial charge in [-0.15, -0.1) is 12.4 Å². The molecule has 1 aromatic rings. The van der Waals surface area contributed by atoms with Crippen LogP contribution in [-0.2, 0) is 10.0 Å². The molecule has 1 heterocycles. The fourth-order valence-electron chi connectivity index (χ4n) is 1.33. The monoisotopic (exact) mass is 282 g/mol. The van der Waals surface area contributed by atoms with Gasteiger partial charge >= 0.3 is 0 Å². The van der Waals surface area contributed by atoms with Crippen molar-refractivity contribution in [2.24, 2.45) is 5.73 Å². The Labute approximate surface area is 108 Å². The van der Waals surface area contributed by atoms with E-state index in [0.29, 0.717) is 11.5 Å². The molecule has 1 rings (SSSR count). The summed E-state index contributed by atoms with van der Waals surface area (Å²) < 4.78 is 31.8. The molecule has 0 bridgehead atoms. The summed E-state index contributed by atoms with van der Waals surface area (Å²) in [5.41, 5.74) is 4.81. The van der Waals surface area contributed by atoms with Gasteiger partial charge in [0.15, 0.2) is 0 Å². The van der Waals surface area contributed by atoms with Crippen LogP contribution in [0.25, 0.3) is 0 Å². The van der Waals surface area contributed by atoms with E-state index in [0.717, 1.165) is 0 Å². The normalized spacial score (nSPS) is 12.3. The zero-order valence-electron chi connectivity index (χ0n) is 10.4. The van der Waals surface area contributed by atoms with E-state index in [1.807, 2.05) is 0 Å². The first-order chi connectivity index (χ1) is 7.18. The van der Waals surface area contributed by atoms with Crippen molar-refractivity contribution >= 4 is 22.4 Å². The Bertz CT molecular complexity index is 480. The van der Waals surface area contributed by atoms with E-state index in [9.17, 15) is 8.42 Å². The Morgan fingerprint density at radius 1 is 1.41 bits per heavy atom. The number of nitrogens with two attached hydrogens (primary N) is 1. The molecule has 0 aliphatic rings. The largest absolute Gasteiger partial charge is 0.465 e. The van der Waals surface area contributed by atoms with Crippen LogP contribution in [0.15, 0.2) is 15.4 Å². The zero-order chi connectivity index (χ0) is 12.6. The Morgan fingerprint density at radius 2 is 1.94 bits per heavy atom. The highest BCUT2D eigenvalue weighted by atomic mass is 35.5. The lowest BCUT2D eigenvalue weighted by molar-refractivity contribution is 0.459. The van der Waals surface area contributed by atoms with Crippen molar-refractivity contribution in [3.8, 4) is 0 Å². The molecule has 0 fully saturated rings. The fraction of sp³-hybridized carbons (Fsp3) is 0.600. The molecule has 0 aliphatic carbocycles. The van der Waals surface area contributed by atoms with Crippen LogP contribution >= 0.6 is 12.4 Å². The Morgan fingerprint density at radius 3 is 2.29 bits per heavy atom. The number of nitrogens with one attached hydrogen (secondary N) is 1. The first kappa shape index (κ1) is 16.4. The van der Waals surface area contributed by atoms with Crippen molar-refractivity contribution in [2.45, 2.75) is 38.1 Å². The summed E-state index contributed by atoms with van der Waals surface area (Å²) in [6.45, 7) is 7.01. The smallest absolute Gasteiger partial charge is 0.244 e. The first-order valence-corrected chi connectivity index (χ1v) is 6.47. The second kappa shape index (κ2) is 5.39. The SMILES string of the molecule is Cc1cc(S(=O)(=O)NC(C)(C)CN)c(C)o1.Cl. The molecule has 0 saturated carbocycles. The molecule has 0 atom stereocenters. The molecule has 17 heavy (non-hydrogen) atoms. The molecular formula is C10H19ClN2O3S. The van der Waals surface area contributed by atoms with E-state index in [2.05, 4.69) is 4.72 Å². The highest BCUT2D eigenvalue weighted by molar-refractivity contribution is 7.89. The molecule has 5 nitrogen and oxygen atoms in total. The van der Waals surface area contributed by atoms with E-state index < -0.39 is 15.6 Å². The van der Waals surface area contributed by atoms with E-state index in [-0.39, 0.29) is 23.8 Å². The van der Waals surface area contributed by atoms with Gasteiger partial charge in [0.25, 0.3) is 0 Å². The van der Waals surface area contributed by atoms with Crippen LogP contribution in [0.4, 0.5) is 0 Å². The van der Waals surface area contributed by atoms with Crippen LogP contribution in [-0.4, -0.2) is 20.5 Å². The van der Waals surface area contributed by atoms with Gasteiger partial charge < -0.3 is 10.2 Å². The Hall–Kier alpha value is -0.560. The van der Waals surface area contributed by atoms with Crippen LogP contribution in [0.3, 0.4) is 0 Å². The molecule has 0 aromatic carbocycles. The number of hydrogen-bond acceptors (Lipinski definition) is 4. The van der Waals surface area contributed by atoms with Crippen LogP contribution in [0.2, 0.25) is 0 Å². The molecule has 3 N–H and O–H groups in total. The van der Waals surface area contributed by atoms with Gasteiger partial charge in [-0.2, -0.15) is 0 Å². The van der Waals surface area contributed by atoms with Crippen molar-refractivity contribution in [1.29, 1.82) is 0 Å². The van der Waals surface area contributed by atoms with Crippen molar-refractivity contribution in [2.75, 3.05) is 6.54 Å². The molecule has 100 valence electrons. The van der Waals surface area contributed by atoms with Gasteiger partial charge in [-0.05, 0) is 33.8 Å². The van der Waals surface area contributed by atoms with Gasteiger partial charge in [0, 0.05) is 12.1 Å². The third-order valence-corrected chi connectivity index (χ3v) is 4.01. The van der Waals surface area contributed by atoms with Crippen molar-refractivity contribution < 1.29 is 12.8 Å². The van der Waals surface area contributed by atoms with E-state index >= 15 is 0 Å². The van der Waals surface area contributed by atoms with Crippen LogP contribution in [0, 0.1) is 13.8 Å². The van der Waals surface area contributed by atoms with Crippen molar-refractivity contribution in [3.05, 3.63) is 17.6 Å². The minimum absolute atomic E-state index is 0. The molecule has 0 saturated heterocycles. The maximum atomic E-state index is 12.0. The average molecular weight is 283 g/mol. The molecule has 0 radical (unpaired) electrons. The molecule has 1 aromatic heterocycles. The molecule has 0 aliphatic heterocycles. The number of furan rings is 1.